The van der Waals surface area contributed by atoms with Crippen molar-refractivity contribution in [2.75, 3.05) is 14.2 Å². The van der Waals surface area contributed by atoms with Crippen LogP contribution in [0.4, 0.5) is 4.79 Å². The number of hydrogen-bond acceptors (Lipinski definition) is 11. The molecule has 2 aliphatic rings. The Morgan fingerprint density at radius 1 is 0.982 bits per heavy atom. The molecule has 4 rings (SSSR count). The summed E-state index contributed by atoms with van der Waals surface area (Å²) in [5.74, 6) is -4.18. The van der Waals surface area contributed by atoms with Crippen molar-refractivity contribution in [1.29, 1.82) is 0 Å². The zero-order valence-electron chi connectivity index (χ0n) is 32.1. The van der Waals surface area contributed by atoms with E-state index < -0.39 is 71.7 Å². The number of esters is 1. The van der Waals surface area contributed by atoms with Crippen LogP contribution in [0.15, 0.2) is 112 Å². The van der Waals surface area contributed by atoms with Crippen LogP contribution in [0, 0.1) is 11.8 Å². The maximum Gasteiger partial charge on any atom is 0.405 e. The molecule has 0 radical (unpaired) electrons. The van der Waals surface area contributed by atoms with Gasteiger partial charge < -0.3 is 35.3 Å². The summed E-state index contributed by atoms with van der Waals surface area (Å²) >= 11 is 1.45. The third kappa shape index (κ3) is 11.7. The molecule has 4 N–H and O–H groups in total. The molecule has 296 valence electrons. The summed E-state index contributed by atoms with van der Waals surface area (Å²) in [6.07, 6.45) is 5.83. The van der Waals surface area contributed by atoms with Gasteiger partial charge in [-0.2, -0.15) is 0 Å². The van der Waals surface area contributed by atoms with Crippen LogP contribution < -0.4 is 16.4 Å². The minimum Gasteiger partial charge on any atom is -0.456 e. The normalized spacial score (nSPS) is 26.6. The Labute approximate surface area is 330 Å². The van der Waals surface area contributed by atoms with E-state index in [0.29, 0.717) is 5.57 Å². The average molecular weight is 786 g/mol. The number of benzene rings is 1. The van der Waals surface area contributed by atoms with Crippen LogP contribution in [0.3, 0.4) is 0 Å². The van der Waals surface area contributed by atoms with Crippen LogP contribution in [0.5, 0.6) is 0 Å². The molecular formula is C42H47N3O10S. The number of nitrogens with one attached hydrogen (secondary N) is 2. The molecule has 56 heavy (non-hydrogen) atoms. The number of ketones is 2. The number of thiophene rings is 1. The highest BCUT2D eigenvalue weighted by molar-refractivity contribution is 7.10. The number of amides is 3. The molecule has 0 spiro atoms. The van der Waals surface area contributed by atoms with Gasteiger partial charge in [0, 0.05) is 53.9 Å². The Morgan fingerprint density at radius 3 is 2.36 bits per heavy atom. The van der Waals surface area contributed by atoms with Crippen molar-refractivity contribution in [1.82, 2.24) is 10.6 Å². The highest BCUT2D eigenvalue weighted by Gasteiger charge is 2.36. The number of ether oxygens (including phenoxy) is 4. The van der Waals surface area contributed by atoms with E-state index in [1.54, 1.807) is 55.5 Å². The molecule has 1 aromatic heterocycles. The molecular weight excluding hydrogens is 739 g/mol. The second-order valence-electron chi connectivity index (χ2n) is 13.5. The number of allylic oxidation sites excluding steroid dienone is 4. The second kappa shape index (κ2) is 20.3. The van der Waals surface area contributed by atoms with E-state index in [-0.39, 0.29) is 40.9 Å². The van der Waals surface area contributed by atoms with Gasteiger partial charge in [-0.05, 0) is 67.8 Å². The number of nitrogens with two attached hydrogens (primary N) is 1. The van der Waals surface area contributed by atoms with E-state index in [9.17, 15) is 28.8 Å². The van der Waals surface area contributed by atoms with Crippen LogP contribution >= 0.6 is 11.3 Å². The van der Waals surface area contributed by atoms with Crippen molar-refractivity contribution in [2.24, 2.45) is 17.6 Å². The third-order valence-corrected chi connectivity index (χ3v) is 10.0. The fourth-order valence-electron chi connectivity index (χ4n) is 6.38. The number of rotatable bonds is 8. The van der Waals surface area contributed by atoms with Crippen molar-refractivity contribution < 1.29 is 47.7 Å². The summed E-state index contributed by atoms with van der Waals surface area (Å²) in [7, 11) is 2.88. The van der Waals surface area contributed by atoms with E-state index in [4.69, 9.17) is 24.7 Å². The van der Waals surface area contributed by atoms with Gasteiger partial charge >= 0.3 is 12.1 Å². The van der Waals surface area contributed by atoms with E-state index in [0.717, 1.165) is 11.0 Å². The molecule has 0 saturated carbocycles. The Morgan fingerprint density at radius 2 is 1.71 bits per heavy atom. The van der Waals surface area contributed by atoms with Gasteiger partial charge in [-0.15, -0.1) is 11.3 Å². The summed E-state index contributed by atoms with van der Waals surface area (Å²) in [4.78, 5) is 80.5. The number of methoxy groups -OCH3 is 2. The molecule has 6 atom stereocenters. The zero-order valence-corrected chi connectivity index (χ0v) is 32.9. The predicted molar refractivity (Wildman–Crippen MR) is 211 cm³/mol. The predicted octanol–water partition coefficient (Wildman–Crippen LogP) is 5.52. The highest BCUT2D eigenvalue weighted by Crippen LogP contribution is 2.30. The van der Waals surface area contributed by atoms with Gasteiger partial charge in [-0.3, -0.25) is 19.2 Å². The summed E-state index contributed by atoms with van der Waals surface area (Å²) in [6.45, 7) is 6.86. The lowest BCUT2D eigenvalue weighted by Gasteiger charge is -2.32. The first-order valence-electron chi connectivity index (χ1n) is 17.9. The van der Waals surface area contributed by atoms with Gasteiger partial charge in [0.15, 0.2) is 6.10 Å². The van der Waals surface area contributed by atoms with Crippen LogP contribution in [-0.2, 0) is 38.1 Å². The van der Waals surface area contributed by atoms with Crippen LogP contribution in [0.2, 0.25) is 0 Å². The molecule has 1 aliphatic heterocycles. The van der Waals surface area contributed by atoms with Crippen molar-refractivity contribution >= 4 is 52.9 Å². The molecule has 2 heterocycles. The van der Waals surface area contributed by atoms with Gasteiger partial charge in [0.1, 0.15) is 12.2 Å². The molecule has 2 aromatic rings. The van der Waals surface area contributed by atoms with E-state index >= 15 is 0 Å². The van der Waals surface area contributed by atoms with E-state index in [1.165, 1.54) is 50.7 Å². The van der Waals surface area contributed by atoms with E-state index in [2.05, 4.69) is 10.6 Å². The van der Waals surface area contributed by atoms with Crippen LogP contribution in [-0.4, -0.2) is 74.1 Å². The molecule has 0 fully saturated rings. The fourth-order valence-corrected chi connectivity index (χ4v) is 6.99. The Kier molecular flexibility index (Phi) is 15.6. The lowest BCUT2D eigenvalue weighted by Crippen LogP contribution is -2.40. The Balaban J connectivity index is 1.81. The lowest BCUT2D eigenvalue weighted by molar-refractivity contribution is -0.154. The maximum atomic E-state index is 14.1. The maximum absolute atomic E-state index is 14.1. The van der Waals surface area contributed by atoms with Crippen molar-refractivity contribution in [3.8, 4) is 0 Å². The van der Waals surface area contributed by atoms with Gasteiger partial charge in [0.2, 0.25) is 11.6 Å². The van der Waals surface area contributed by atoms with Gasteiger partial charge in [-0.25, -0.2) is 9.59 Å². The highest BCUT2D eigenvalue weighted by atomic mass is 32.1. The topological polar surface area (TPSA) is 189 Å². The molecule has 14 heteroatoms. The quantitative estimate of drug-likeness (QED) is 0.133. The van der Waals surface area contributed by atoms with Crippen LogP contribution in [0.25, 0.3) is 6.08 Å². The first-order valence-corrected chi connectivity index (χ1v) is 18.8. The van der Waals surface area contributed by atoms with Crippen LogP contribution in [0.1, 0.15) is 55.8 Å². The summed E-state index contributed by atoms with van der Waals surface area (Å²) in [6, 6.07) is 11.9. The van der Waals surface area contributed by atoms with Crippen molar-refractivity contribution in [3.05, 3.63) is 123 Å². The van der Waals surface area contributed by atoms with Crippen molar-refractivity contribution in [3.63, 3.8) is 0 Å². The summed E-state index contributed by atoms with van der Waals surface area (Å²) < 4.78 is 23.2. The summed E-state index contributed by atoms with van der Waals surface area (Å²) in [5.41, 5.74) is 5.96. The van der Waals surface area contributed by atoms with Gasteiger partial charge in [0.25, 0.3) is 11.8 Å². The molecule has 2 bridgehead atoms. The smallest absolute Gasteiger partial charge is 0.405 e. The minimum atomic E-state index is -1.05. The average Bonchev–Trinajstić information content (AvgIpc) is 3.70. The lowest BCUT2D eigenvalue weighted by atomic mass is 9.85. The molecule has 0 unspecified atom stereocenters. The largest absolute Gasteiger partial charge is 0.456 e. The number of carbonyl (C=O) groups is 6. The molecule has 1 aliphatic carbocycles. The Hall–Kier alpha value is -5.70. The second-order valence-corrected chi connectivity index (χ2v) is 14.5. The molecule has 1 aromatic carbocycles. The van der Waals surface area contributed by atoms with Crippen molar-refractivity contribution in [2.45, 2.75) is 65.0 Å². The molecule has 3 amide bonds. The standard InChI is InChI=1S/C42H47N3O10S/c1-24-20-30-36(45-41(50)28-13-8-7-9-14-28)32(46)23-31(37(30)48)44-40(49)25(2)12-10-16-33(52-5)38(55-42(43)51)26(3)22-27(4)39(34(21-24)53-6)54-35(47)18-17-29-15-11-19-56-29/h7-19,22-24,27,33-34,38-39H,20-21H2,1-6H3,(H2,43,51)(H,44,49)(H,45,50)/b16-10-,18-17+,25-12+,26-22+/t24-,27+,33+,34+,38+,39-/m1/s1. The minimum absolute atomic E-state index is 0.00975. The first kappa shape index (κ1) is 43.0. The summed E-state index contributed by atoms with van der Waals surface area (Å²) in [5, 5.41) is 7.06. The van der Waals surface area contributed by atoms with E-state index in [1.807, 2.05) is 31.4 Å². The van der Waals surface area contributed by atoms with Gasteiger partial charge in [0.05, 0.1) is 17.5 Å². The number of fused-ring (bicyclic) bond motifs is 2. The number of carbonyl (C=O) groups excluding carboxylic acids is 6. The molecule has 13 nitrogen and oxygen atoms in total. The third-order valence-electron chi connectivity index (χ3n) is 9.21. The monoisotopic (exact) mass is 785 g/mol. The number of Topliss-reactive ketones (excluding diaryl/α,β-unsaturated/α-hetero) is 1. The zero-order chi connectivity index (χ0) is 40.9. The molecule has 0 saturated heterocycles. The first-order chi connectivity index (χ1) is 26.7. The Bertz CT molecular complexity index is 1980. The number of hydrogen-bond donors (Lipinski definition) is 3. The SMILES string of the molecule is CO[C@H]1/C=C\C=C(/C)C(=O)NC2=CC(=O)C(NC(=O)c3ccccc3)=C(C[C@@H](C)C[C@H](OC)[C@H](OC(=O)/C=C/c3cccs3)[C@@H](C)/C=C(\C)[C@@H]1OC(N)=O)C2=O. The fraction of sp³-hybridized carbons (Fsp3) is 0.333. The van der Waals surface area contributed by atoms with Gasteiger partial charge in [-0.1, -0.05) is 62.4 Å². The number of primary amides is 1.